The molecular weight excluding hydrogens is 309 g/mol. The maximum Gasteiger partial charge on any atom is 0.416 e. The first kappa shape index (κ1) is 16.0. The van der Waals surface area contributed by atoms with Crippen LogP contribution < -0.4 is 0 Å². The maximum absolute atomic E-state index is 12.9. The molecule has 0 bridgehead atoms. The van der Waals surface area contributed by atoms with Crippen LogP contribution in [-0.4, -0.2) is 27.6 Å². The molecule has 2 heterocycles. The Morgan fingerprint density at radius 2 is 2.17 bits per heavy atom. The van der Waals surface area contributed by atoms with Gasteiger partial charge in [-0.1, -0.05) is 12.1 Å². The number of alkyl halides is 3. The maximum atomic E-state index is 12.9. The molecule has 1 aliphatic rings. The van der Waals surface area contributed by atoms with E-state index in [0.717, 1.165) is 12.1 Å². The van der Waals surface area contributed by atoms with E-state index in [1.54, 1.807) is 19.2 Å². The Kier molecular flexibility index (Phi) is 4.16. The number of oxazole rings is 1. The molecule has 124 valence electrons. The predicted molar refractivity (Wildman–Crippen MR) is 76.5 cm³/mol. The van der Waals surface area contributed by atoms with Crippen LogP contribution >= 0.6 is 0 Å². The second-order valence-electron chi connectivity index (χ2n) is 5.82. The first-order chi connectivity index (χ1) is 10.8. The molecule has 1 fully saturated rings. The molecule has 0 radical (unpaired) electrons. The molecule has 1 aromatic heterocycles. The smallest absolute Gasteiger partial charge is 0.416 e. The Morgan fingerprint density at radius 3 is 2.83 bits per heavy atom. The summed E-state index contributed by atoms with van der Waals surface area (Å²) in [5, 5.41) is 9.93. The number of aromatic nitrogens is 1. The average Bonchev–Trinajstić information content (AvgIpc) is 3.04. The third-order valence-corrected chi connectivity index (χ3v) is 3.99. The third-order valence-electron chi connectivity index (χ3n) is 3.99. The molecule has 23 heavy (non-hydrogen) atoms. The summed E-state index contributed by atoms with van der Waals surface area (Å²) in [6.45, 7) is 2.51. The molecule has 0 unspecified atom stereocenters. The highest BCUT2D eigenvalue weighted by Gasteiger charge is 2.35. The topological polar surface area (TPSA) is 49.5 Å². The zero-order valence-electron chi connectivity index (χ0n) is 12.5. The van der Waals surface area contributed by atoms with E-state index in [1.807, 2.05) is 4.90 Å². The molecule has 3 rings (SSSR count). The van der Waals surface area contributed by atoms with E-state index in [9.17, 15) is 18.3 Å². The van der Waals surface area contributed by atoms with Crippen molar-refractivity contribution in [3.8, 4) is 0 Å². The number of benzene rings is 1. The van der Waals surface area contributed by atoms with Gasteiger partial charge in [0.05, 0.1) is 24.4 Å². The normalized spacial score (nSPS) is 22.7. The summed E-state index contributed by atoms with van der Waals surface area (Å²) in [5.74, 6) is 1.17. The van der Waals surface area contributed by atoms with Crippen LogP contribution in [0.5, 0.6) is 0 Å². The van der Waals surface area contributed by atoms with Gasteiger partial charge < -0.3 is 9.52 Å². The van der Waals surface area contributed by atoms with Gasteiger partial charge in [0, 0.05) is 12.6 Å². The van der Waals surface area contributed by atoms with Crippen molar-refractivity contribution in [3.05, 3.63) is 53.2 Å². The molecule has 1 aliphatic heterocycles. The highest BCUT2D eigenvalue weighted by Crippen LogP contribution is 2.36. The minimum atomic E-state index is -4.38. The van der Waals surface area contributed by atoms with E-state index in [1.165, 1.54) is 6.07 Å². The highest BCUT2D eigenvalue weighted by atomic mass is 19.4. The number of hydrogen-bond donors (Lipinski definition) is 1. The van der Waals surface area contributed by atoms with Crippen molar-refractivity contribution >= 4 is 0 Å². The van der Waals surface area contributed by atoms with E-state index in [0.29, 0.717) is 36.7 Å². The fourth-order valence-electron chi connectivity index (χ4n) is 2.97. The van der Waals surface area contributed by atoms with E-state index >= 15 is 0 Å². The van der Waals surface area contributed by atoms with Crippen LogP contribution in [0.2, 0.25) is 0 Å². The van der Waals surface area contributed by atoms with Gasteiger partial charge in [-0.3, -0.25) is 4.90 Å². The molecule has 0 aliphatic carbocycles. The van der Waals surface area contributed by atoms with Gasteiger partial charge >= 0.3 is 6.18 Å². The van der Waals surface area contributed by atoms with Gasteiger partial charge in [-0.25, -0.2) is 4.98 Å². The summed E-state index contributed by atoms with van der Waals surface area (Å²) in [5.41, 5.74) is -0.136. The van der Waals surface area contributed by atoms with Crippen LogP contribution in [0.1, 0.15) is 35.2 Å². The van der Waals surface area contributed by atoms with Crippen molar-refractivity contribution in [2.75, 3.05) is 6.54 Å². The van der Waals surface area contributed by atoms with Gasteiger partial charge in [-0.05, 0) is 31.0 Å². The minimum absolute atomic E-state index is 0.292. The lowest BCUT2D eigenvalue weighted by Crippen LogP contribution is -2.24. The first-order valence-electron chi connectivity index (χ1n) is 7.33. The molecule has 1 N–H and O–H groups in total. The molecule has 0 amide bonds. The van der Waals surface area contributed by atoms with Gasteiger partial charge in [0.1, 0.15) is 5.76 Å². The second-order valence-corrected chi connectivity index (χ2v) is 5.82. The molecular formula is C16H17F3N2O2. The molecule has 0 spiro atoms. The summed E-state index contributed by atoms with van der Waals surface area (Å²) in [6.07, 6.45) is -2.97. The molecule has 2 aromatic rings. The third kappa shape index (κ3) is 3.56. The number of halogens is 3. The van der Waals surface area contributed by atoms with E-state index in [2.05, 4.69) is 4.98 Å². The minimum Gasteiger partial charge on any atom is -0.445 e. The largest absolute Gasteiger partial charge is 0.445 e. The first-order valence-corrected chi connectivity index (χ1v) is 7.33. The molecule has 4 nitrogen and oxygen atoms in total. The van der Waals surface area contributed by atoms with Crippen molar-refractivity contribution in [3.63, 3.8) is 0 Å². The molecule has 1 saturated heterocycles. The monoisotopic (exact) mass is 326 g/mol. The number of likely N-dealkylation sites (tertiary alicyclic amines) is 1. The average molecular weight is 326 g/mol. The van der Waals surface area contributed by atoms with Crippen LogP contribution in [0, 0.1) is 6.92 Å². The molecule has 0 saturated carbocycles. The van der Waals surface area contributed by atoms with Gasteiger partial charge in [-0.15, -0.1) is 0 Å². The van der Waals surface area contributed by atoms with E-state index in [-0.39, 0.29) is 6.04 Å². The van der Waals surface area contributed by atoms with E-state index in [4.69, 9.17) is 4.42 Å². The summed E-state index contributed by atoms with van der Waals surface area (Å²) in [4.78, 5) is 6.01. The number of aliphatic hydroxyl groups excluding tert-OH is 1. The van der Waals surface area contributed by atoms with E-state index < -0.39 is 17.8 Å². The summed E-state index contributed by atoms with van der Waals surface area (Å²) in [6, 6.07) is 4.97. The Balaban J connectivity index is 1.84. The van der Waals surface area contributed by atoms with Crippen molar-refractivity contribution < 1.29 is 22.7 Å². The SMILES string of the molecule is Cc1cnc(CN2C[C@@H](O)C[C@@H]2c2cccc(C(F)(F)F)c2)o1. The molecule has 2 atom stereocenters. The number of rotatable bonds is 3. The van der Waals surface area contributed by atoms with Gasteiger partial charge in [0.2, 0.25) is 5.89 Å². The van der Waals surface area contributed by atoms with Crippen LogP contribution in [-0.2, 0) is 12.7 Å². The van der Waals surface area contributed by atoms with Crippen molar-refractivity contribution in [1.29, 1.82) is 0 Å². The number of aryl methyl sites for hydroxylation is 1. The predicted octanol–water partition coefficient (Wildman–Crippen LogP) is 3.31. The van der Waals surface area contributed by atoms with Crippen molar-refractivity contribution in [2.24, 2.45) is 0 Å². The lowest BCUT2D eigenvalue weighted by molar-refractivity contribution is -0.137. The van der Waals surface area contributed by atoms with Gasteiger partial charge in [0.25, 0.3) is 0 Å². The summed E-state index contributed by atoms with van der Waals surface area (Å²) < 4.78 is 44.1. The Hall–Kier alpha value is -1.86. The number of nitrogens with zero attached hydrogens (tertiary/aromatic N) is 2. The number of β-amino-alcohol motifs (C(OH)–C–C–N with tert-alkyl or cyclic N) is 1. The Labute approximate surface area is 131 Å². The second kappa shape index (κ2) is 5.98. The van der Waals surface area contributed by atoms with Crippen LogP contribution in [0.4, 0.5) is 13.2 Å². The van der Waals surface area contributed by atoms with Crippen LogP contribution in [0.3, 0.4) is 0 Å². The number of hydrogen-bond acceptors (Lipinski definition) is 4. The lowest BCUT2D eigenvalue weighted by Gasteiger charge is -2.23. The fourth-order valence-corrected chi connectivity index (χ4v) is 2.97. The standard InChI is InChI=1S/C16H17F3N2O2/c1-10-7-20-15(23-10)9-21-8-13(22)6-14(21)11-3-2-4-12(5-11)16(17,18)19/h2-5,7,13-14,22H,6,8-9H2,1H3/t13-,14+/m0/s1. The van der Waals surface area contributed by atoms with Crippen LogP contribution in [0.25, 0.3) is 0 Å². The van der Waals surface area contributed by atoms with Crippen molar-refractivity contribution in [2.45, 2.75) is 38.2 Å². The van der Waals surface area contributed by atoms with Gasteiger partial charge in [-0.2, -0.15) is 13.2 Å². The van der Waals surface area contributed by atoms with Gasteiger partial charge in [0.15, 0.2) is 0 Å². The quantitative estimate of drug-likeness (QED) is 0.940. The Morgan fingerprint density at radius 1 is 1.39 bits per heavy atom. The van der Waals surface area contributed by atoms with Crippen LogP contribution in [0.15, 0.2) is 34.9 Å². The van der Waals surface area contributed by atoms with Crippen molar-refractivity contribution in [1.82, 2.24) is 9.88 Å². The lowest BCUT2D eigenvalue weighted by atomic mass is 10.0. The summed E-state index contributed by atoms with van der Waals surface area (Å²) >= 11 is 0. The summed E-state index contributed by atoms with van der Waals surface area (Å²) in [7, 11) is 0. The Bertz CT molecular complexity index is 684. The highest BCUT2D eigenvalue weighted by molar-refractivity contribution is 5.29. The molecule has 7 heteroatoms. The zero-order valence-corrected chi connectivity index (χ0v) is 12.5. The zero-order chi connectivity index (χ0) is 16.6. The fraction of sp³-hybridized carbons (Fsp3) is 0.438. The molecule has 1 aromatic carbocycles. The number of aliphatic hydroxyl groups is 1.